The van der Waals surface area contributed by atoms with Gasteiger partial charge in [0.05, 0.1) is 0 Å². The van der Waals surface area contributed by atoms with Crippen LogP contribution in [0.15, 0.2) is 12.3 Å². The van der Waals surface area contributed by atoms with E-state index in [1.54, 1.807) is 6.20 Å². The minimum atomic E-state index is -0.731. The van der Waals surface area contributed by atoms with Crippen molar-refractivity contribution in [1.82, 2.24) is 9.97 Å². The van der Waals surface area contributed by atoms with Gasteiger partial charge >= 0.3 is 0 Å². The highest BCUT2D eigenvalue weighted by Crippen LogP contribution is 2.07. The summed E-state index contributed by atoms with van der Waals surface area (Å²) in [6.45, 7) is 2.59. The summed E-state index contributed by atoms with van der Waals surface area (Å²) in [6.07, 6.45) is 1.71. The fourth-order valence-corrected chi connectivity index (χ4v) is 1.72. The van der Waals surface area contributed by atoms with E-state index in [1.807, 2.05) is 32.0 Å². The fraction of sp³-hybridized carbons (Fsp3) is 0.600. The molecule has 1 unspecified atom stereocenters. The van der Waals surface area contributed by atoms with Crippen molar-refractivity contribution < 1.29 is 4.21 Å². The van der Waals surface area contributed by atoms with Crippen molar-refractivity contribution in [1.29, 1.82) is 0 Å². The van der Waals surface area contributed by atoms with Crippen molar-refractivity contribution in [3.05, 3.63) is 12.3 Å². The molecule has 16 heavy (non-hydrogen) atoms. The predicted octanol–water partition coefficient (Wildman–Crippen LogP) is 0.723. The van der Waals surface area contributed by atoms with Gasteiger partial charge in [-0.2, -0.15) is 4.98 Å². The molecular formula is C10H18N4OS. The van der Waals surface area contributed by atoms with E-state index in [9.17, 15) is 4.21 Å². The smallest absolute Gasteiger partial charge is 0.226 e. The van der Waals surface area contributed by atoms with E-state index < -0.39 is 10.8 Å². The summed E-state index contributed by atoms with van der Waals surface area (Å²) in [5, 5.41) is 3.13. The quantitative estimate of drug-likeness (QED) is 0.796. The van der Waals surface area contributed by atoms with Crippen LogP contribution in [-0.2, 0) is 10.8 Å². The summed E-state index contributed by atoms with van der Waals surface area (Å²) >= 11 is 0. The van der Waals surface area contributed by atoms with Crippen molar-refractivity contribution in [3.8, 4) is 0 Å². The molecule has 0 aliphatic carbocycles. The average molecular weight is 242 g/mol. The van der Waals surface area contributed by atoms with Crippen molar-refractivity contribution in [2.75, 3.05) is 42.4 Å². The monoisotopic (exact) mass is 242 g/mol. The molecule has 1 heterocycles. The molecule has 0 spiro atoms. The van der Waals surface area contributed by atoms with Crippen LogP contribution in [0.5, 0.6) is 0 Å². The van der Waals surface area contributed by atoms with Gasteiger partial charge in [-0.05, 0) is 6.07 Å². The second kappa shape index (κ2) is 6.42. The van der Waals surface area contributed by atoms with E-state index in [-0.39, 0.29) is 0 Å². The van der Waals surface area contributed by atoms with Crippen LogP contribution in [-0.4, -0.2) is 46.3 Å². The molecule has 0 saturated carbocycles. The third-order valence-corrected chi connectivity index (χ3v) is 3.30. The van der Waals surface area contributed by atoms with E-state index in [1.165, 1.54) is 0 Å². The molecule has 0 amide bonds. The topological polar surface area (TPSA) is 58.1 Å². The molecular weight excluding hydrogens is 224 g/mol. The van der Waals surface area contributed by atoms with Crippen molar-refractivity contribution in [2.24, 2.45) is 0 Å². The SMILES string of the molecule is CCS(=O)CCNc1ccnc(N(C)C)n1. The van der Waals surface area contributed by atoms with Crippen molar-refractivity contribution in [3.63, 3.8) is 0 Å². The second-order valence-electron chi connectivity index (χ2n) is 3.50. The zero-order chi connectivity index (χ0) is 12.0. The number of nitrogens with one attached hydrogen (secondary N) is 1. The summed E-state index contributed by atoms with van der Waals surface area (Å²) in [6, 6.07) is 1.81. The van der Waals surface area contributed by atoms with Gasteiger partial charge in [-0.1, -0.05) is 6.92 Å². The standard InChI is InChI=1S/C10H18N4OS/c1-4-16(15)8-7-11-9-5-6-12-10(13-9)14(2)3/h5-6H,4,7-8H2,1-3H3,(H,11,12,13). The van der Waals surface area contributed by atoms with E-state index in [4.69, 9.17) is 0 Å². The van der Waals surface area contributed by atoms with Gasteiger partial charge in [0.25, 0.3) is 0 Å². The molecule has 0 aliphatic heterocycles. The van der Waals surface area contributed by atoms with Crippen LogP contribution < -0.4 is 10.2 Å². The molecule has 1 N–H and O–H groups in total. The third kappa shape index (κ3) is 4.14. The number of nitrogens with zero attached hydrogens (tertiary/aromatic N) is 3. The molecule has 1 atom stereocenters. The van der Waals surface area contributed by atoms with Gasteiger partial charge in [0.1, 0.15) is 5.82 Å². The average Bonchev–Trinajstić information content (AvgIpc) is 2.29. The lowest BCUT2D eigenvalue weighted by Crippen LogP contribution is -2.16. The third-order valence-electron chi connectivity index (χ3n) is 2.00. The number of aromatic nitrogens is 2. The number of rotatable bonds is 6. The molecule has 0 radical (unpaired) electrons. The zero-order valence-electron chi connectivity index (χ0n) is 9.93. The van der Waals surface area contributed by atoms with Crippen LogP contribution >= 0.6 is 0 Å². The Balaban J connectivity index is 2.48. The molecule has 0 saturated heterocycles. The van der Waals surface area contributed by atoms with E-state index in [0.29, 0.717) is 24.0 Å². The molecule has 0 aromatic carbocycles. The Morgan fingerprint density at radius 3 is 2.88 bits per heavy atom. The fourth-order valence-electron chi connectivity index (χ4n) is 1.10. The van der Waals surface area contributed by atoms with E-state index in [0.717, 1.165) is 5.82 Å². The lowest BCUT2D eigenvalue weighted by atomic mass is 10.5. The molecule has 6 heteroatoms. The van der Waals surface area contributed by atoms with Gasteiger partial charge in [-0.25, -0.2) is 4.98 Å². The van der Waals surface area contributed by atoms with Crippen molar-refractivity contribution >= 4 is 22.6 Å². The largest absolute Gasteiger partial charge is 0.369 e. The summed E-state index contributed by atoms with van der Waals surface area (Å²) in [7, 11) is 3.06. The summed E-state index contributed by atoms with van der Waals surface area (Å²) in [5.74, 6) is 2.79. The summed E-state index contributed by atoms with van der Waals surface area (Å²) < 4.78 is 11.2. The Morgan fingerprint density at radius 1 is 1.50 bits per heavy atom. The Bertz CT molecular complexity index is 356. The molecule has 0 fully saturated rings. The first-order valence-electron chi connectivity index (χ1n) is 5.22. The molecule has 1 aromatic rings. The van der Waals surface area contributed by atoms with Crippen LogP contribution in [0.1, 0.15) is 6.92 Å². The van der Waals surface area contributed by atoms with Crippen LogP contribution in [0.4, 0.5) is 11.8 Å². The minimum absolute atomic E-state index is 0.651. The van der Waals surface area contributed by atoms with E-state index in [2.05, 4.69) is 15.3 Å². The zero-order valence-corrected chi connectivity index (χ0v) is 10.8. The molecule has 1 rings (SSSR count). The van der Waals surface area contributed by atoms with Crippen LogP contribution in [0.2, 0.25) is 0 Å². The molecule has 0 bridgehead atoms. The Morgan fingerprint density at radius 2 is 2.25 bits per heavy atom. The minimum Gasteiger partial charge on any atom is -0.369 e. The van der Waals surface area contributed by atoms with Gasteiger partial charge in [0.15, 0.2) is 0 Å². The highest BCUT2D eigenvalue weighted by molar-refractivity contribution is 7.84. The maximum atomic E-state index is 11.2. The molecule has 1 aromatic heterocycles. The Kier molecular flexibility index (Phi) is 5.18. The first-order chi connectivity index (χ1) is 7.63. The molecule has 5 nitrogen and oxygen atoms in total. The van der Waals surface area contributed by atoms with Crippen LogP contribution in [0, 0.1) is 0 Å². The van der Waals surface area contributed by atoms with Gasteiger partial charge in [-0.3, -0.25) is 4.21 Å². The first kappa shape index (κ1) is 12.9. The Hall–Kier alpha value is -1.17. The van der Waals surface area contributed by atoms with Crippen molar-refractivity contribution in [2.45, 2.75) is 6.92 Å². The number of anilines is 2. The van der Waals surface area contributed by atoms with Crippen LogP contribution in [0.25, 0.3) is 0 Å². The number of hydrogen-bond acceptors (Lipinski definition) is 5. The first-order valence-corrected chi connectivity index (χ1v) is 6.71. The highest BCUT2D eigenvalue weighted by atomic mass is 32.2. The second-order valence-corrected chi connectivity index (χ2v) is 5.36. The Labute approximate surface area is 98.7 Å². The van der Waals surface area contributed by atoms with Crippen LogP contribution in [0.3, 0.4) is 0 Å². The lowest BCUT2D eigenvalue weighted by molar-refractivity contribution is 0.684. The summed E-state index contributed by atoms with van der Waals surface area (Å²) in [5.41, 5.74) is 0. The van der Waals surface area contributed by atoms with E-state index >= 15 is 0 Å². The maximum Gasteiger partial charge on any atom is 0.226 e. The molecule has 90 valence electrons. The predicted molar refractivity (Wildman–Crippen MR) is 68.4 cm³/mol. The normalized spacial score (nSPS) is 12.2. The highest BCUT2D eigenvalue weighted by Gasteiger charge is 2.01. The van der Waals surface area contributed by atoms with Gasteiger partial charge < -0.3 is 10.2 Å². The summed E-state index contributed by atoms with van der Waals surface area (Å²) in [4.78, 5) is 10.3. The maximum absolute atomic E-state index is 11.2. The van der Waals surface area contributed by atoms with Gasteiger partial charge in [-0.15, -0.1) is 0 Å². The lowest BCUT2D eigenvalue weighted by Gasteiger charge is -2.11. The van der Waals surface area contributed by atoms with Gasteiger partial charge in [0.2, 0.25) is 5.95 Å². The number of hydrogen-bond donors (Lipinski definition) is 1. The molecule has 0 aliphatic rings. The van der Waals surface area contributed by atoms with Gasteiger partial charge in [0, 0.05) is 49.1 Å².